The standard InChI is InChI=1S/C17H23ClN2O3/c1-23-15-6-2-5-14(18)13(15)10-17(22)20-9-3-4-12(11-20)7-8-16(19)21/h2,5-6,12H,3-4,7-11H2,1H3,(H2,19,21)/t12-/m0/s1. The molecule has 126 valence electrons. The number of carbonyl (C=O) groups excluding carboxylic acids is 2. The molecular weight excluding hydrogens is 316 g/mol. The normalized spacial score (nSPS) is 17.8. The number of nitrogens with two attached hydrogens (primary N) is 1. The number of carbonyl (C=O) groups is 2. The highest BCUT2D eigenvalue weighted by Crippen LogP contribution is 2.28. The monoisotopic (exact) mass is 338 g/mol. The van der Waals surface area contributed by atoms with Gasteiger partial charge in [0.15, 0.2) is 0 Å². The lowest BCUT2D eigenvalue weighted by atomic mass is 9.93. The number of hydrogen-bond donors (Lipinski definition) is 1. The van der Waals surface area contributed by atoms with Crippen molar-refractivity contribution in [2.75, 3.05) is 20.2 Å². The zero-order valence-electron chi connectivity index (χ0n) is 13.4. The van der Waals surface area contributed by atoms with Crippen LogP contribution in [0.15, 0.2) is 18.2 Å². The van der Waals surface area contributed by atoms with Crippen molar-refractivity contribution in [3.05, 3.63) is 28.8 Å². The molecule has 0 unspecified atom stereocenters. The second-order valence-electron chi connectivity index (χ2n) is 5.95. The summed E-state index contributed by atoms with van der Waals surface area (Å²) in [5.74, 6) is 0.732. The van der Waals surface area contributed by atoms with E-state index in [0.717, 1.165) is 31.4 Å². The Kier molecular flexibility index (Phi) is 6.28. The number of benzene rings is 1. The van der Waals surface area contributed by atoms with Crippen molar-refractivity contribution in [2.45, 2.75) is 32.1 Å². The molecule has 5 nitrogen and oxygen atoms in total. The van der Waals surface area contributed by atoms with Crippen molar-refractivity contribution in [1.29, 1.82) is 0 Å². The van der Waals surface area contributed by atoms with Crippen molar-refractivity contribution in [3.63, 3.8) is 0 Å². The van der Waals surface area contributed by atoms with Crippen molar-refractivity contribution in [3.8, 4) is 5.75 Å². The zero-order valence-corrected chi connectivity index (χ0v) is 14.1. The number of methoxy groups -OCH3 is 1. The van der Waals surface area contributed by atoms with Gasteiger partial charge < -0.3 is 15.4 Å². The van der Waals surface area contributed by atoms with Crippen LogP contribution in [0.1, 0.15) is 31.2 Å². The fourth-order valence-corrected chi connectivity index (χ4v) is 3.27. The van der Waals surface area contributed by atoms with E-state index >= 15 is 0 Å². The van der Waals surface area contributed by atoms with Crippen molar-refractivity contribution < 1.29 is 14.3 Å². The molecule has 2 N–H and O–H groups in total. The summed E-state index contributed by atoms with van der Waals surface area (Å²) in [5.41, 5.74) is 5.93. The second-order valence-corrected chi connectivity index (χ2v) is 6.36. The highest BCUT2D eigenvalue weighted by atomic mass is 35.5. The minimum atomic E-state index is -0.283. The van der Waals surface area contributed by atoms with Crippen LogP contribution in [0, 0.1) is 5.92 Å². The highest BCUT2D eigenvalue weighted by Gasteiger charge is 2.25. The molecule has 1 aliphatic rings. The molecule has 2 rings (SSSR count). The lowest BCUT2D eigenvalue weighted by Gasteiger charge is -2.33. The molecule has 0 saturated carbocycles. The number of likely N-dealkylation sites (tertiary alicyclic amines) is 1. The van der Waals surface area contributed by atoms with E-state index in [9.17, 15) is 9.59 Å². The molecule has 0 bridgehead atoms. The number of ether oxygens (including phenoxy) is 1. The third-order valence-electron chi connectivity index (χ3n) is 4.29. The molecule has 0 radical (unpaired) electrons. The van der Waals surface area contributed by atoms with E-state index in [1.165, 1.54) is 0 Å². The average molecular weight is 339 g/mol. The predicted molar refractivity (Wildman–Crippen MR) is 89.4 cm³/mol. The SMILES string of the molecule is COc1cccc(Cl)c1CC(=O)N1CCC[C@@H](CCC(N)=O)C1. The molecule has 23 heavy (non-hydrogen) atoms. The zero-order chi connectivity index (χ0) is 16.8. The Hall–Kier alpha value is -1.75. The molecule has 1 atom stereocenters. The molecule has 1 aliphatic heterocycles. The van der Waals surface area contributed by atoms with Gasteiger partial charge in [-0.25, -0.2) is 0 Å². The number of hydrogen-bond acceptors (Lipinski definition) is 3. The Morgan fingerprint density at radius 3 is 2.91 bits per heavy atom. The van der Waals surface area contributed by atoms with Crippen LogP contribution < -0.4 is 10.5 Å². The molecule has 2 amide bonds. The smallest absolute Gasteiger partial charge is 0.227 e. The van der Waals surface area contributed by atoms with E-state index in [2.05, 4.69) is 0 Å². The molecule has 1 aromatic rings. The van der Waals surface area contributed by atoms with Gasteiger partial charge in [0, 0.05) is 30.1 Å². The van der Waals surface area contributed by atoms with Crippen LogP contribution >= 0.6 is 11.6 Å². The fraction of sp³-hybridized carbons (Fsp3) is 0.529. The molecular formula is C17H23ClN2O3. The molecule has 1 heterocycles. The molecule has 1 fully saturated rings. The molecule has 0 spiro atoms. The molecule has 0 aliphatic carbocycles. The molecule has 1 saturated heterocycles. The first-order valence-corrected chi connectivity index (χ1v) is 8.26. The number of primary amides is 1. The minimum Gasteiger partial charge on any atom is -0.496 e. The Labute approximate surface area is 141 Å². The Morgan fingerprint density at radius 2 is 2.22 bits per heavy atom. The number of nitrogens with zero attached hydrogens (tertiary/aromatic N) is 1. The Bertz CT molecular complexity index is 577. The number of piperidine rings is 1. The highest BCUT2D eigenvalue weighted by molar-refractivity contribution is 6.31. The number of amides is 2. The van der Waals surface area contributed by atoms with E-state index in [1.54, 1.807) is 25.3 Å². The molecule has 1 aromatic carbocycles. The summed E-state index contributed by atoms with van der Waals surface area (Å²) < 4.78 is 5.29. The fourth-order valence-electron chi connectivity index (χ4n) is 3.04. The number of halogens is 1. The maximum atomic E-state index is 12.6. The van der Waals surface area contributed by atoms with Gasteiger partial charge in [0.25, 0.3) is 0 Å². The van der Waals surface area contributed by atoms with Crippen LogP contribution in [0.4, 0.5) is 0 Å². The minimum absolute atomic E-state index is 0.0418. The van der Waals surface area contributed by atoms with Gasteiger partial charge in [-0.05, 0) is 37.3 Å². The summed E-state index contributed by atoms with van der Waals surface area (Å²) in [4.78, 5) is 25.4. The third-order valence-corrected chi connectivity index (χ3v) is 4.65. The van der Waals surface area contributed by atoms with Gasteiger partial charge >= 0.3 is 0 Å². The van der Waals surface area contributed by atoms with Crippen molar-refractivity contribution in [2.24, 2.45) is 11.7 Å². The van der Waals surface area contributed by atoms with Gasteiger partial charge in [-0.3, -0.25) is 9.59 Å². The lowest BCUT2D eigenvalue weighted by Crippen LogP contribution is -2.41. The van der Waals surface area contributed by atoms with Crippen LogP contribution in [0.3, 0.4) is 0 Å². The summed E-state index contributed by atoms with van der Waals surface area (Å²) in [6.45, 7) is 1.43. The topological polar surface area (TPSA) is 72.6 Å². The van der Waals surface area contributed by atoms with Crippen LogP contribution in [0.5, 0.6) is 5.75 Å². The summed E-state index contributed by atoms with van der Waals surface area (Å²) in [7, 11) is 1.57. The molecule has 0 aromatic heterocycles. The largest absolute Gasteiger partial charge is 0.496 e. The number of rotatable bonds is 6. The summed E-state index contributed by atoms with van der Waals surface area (Å²) >= 11 is 6.20. The van der Waals surface area contributed by atoms with Crippen LogP contribution in [-0.2, 0) is 16.0 Å². The van der Waals surface area contributed by atoms with Gasteiger partial charge in [0.1, 0.15) is 5.75 Å². The van der Waals surface area contributed by atoms with Gasteiger partial charge in [0.05, 0.1) is 13.5 Å². The molecule has 6 heteroatoms. The van der Waals surface area contributed by atoms with Gasteiger partial charge in [-0.2, -0.15) is 0 Å². The van der Waals surface area contributed by atoms with Crippen molar-refractivity contribution >= 4 is 23.4 Å². The summed E-state index contributed by atoms with van der Waals surface area (Å²) in [5, 5.41) is 0.542. The van der Waals surface area contributed by atoms with Gasteiger partial charge in [-0.15, -0.1) is 0 Å². The van der Waals surface area contributed by atoms with Crippen LogP contribution in [0.2, 0.25) is 5.02 Å². The second kappa shape index (κ2) is 8.20. The van der Waals surface area contributed by atoms with E-state index in [0.29, 0.717) is 29.7 Å². The lowest BCUT2D eigenvalue weighted by molar-refractivity contribution is -0.132. The maximum Gasteiger partial charge on any atom is 0.227 e. The average Bonchev–Trinajstić information content (AvgIpc) is 2.55. The predicted octanol–water partition coefficient (Wildman–Crippen LogP) is 2.40. The van der Waals surface area contributed by atoms with Crippen molar-refractivity contribution in [1.82, 2.24) is 4.90 Å². The van der Waals surface area contributed by atoms with Crippen LogP contribution in [-0.4, -0.2) is 36.9 Å². The summed E-state index contributed by atoms with van der Waals surface area (Å²) in [6.07, 6.45) is 3.34. The summed E-state index contributed by atoms with van der Waals surface area (Å²) in [6, 6.07) is 5.37. The van der Waals surface area contributed by atoms with Crippen LogP contribution in [0.25, 0.3) is 0 Å². The maximum absolute atomic E-state index is 12.6. The van der Waals surface area contributed by atoms with E-state index in [4.69, 9.17) is 22.1 Å². The quantitative estimate of drug-likeness (QED) is 0.865. The Morgan fingerprint density at radius 1 is 1.43 bits per heavy atom. The van der Waals surface area contributed by atoms with E-state index in [1.807, 2.05) is 4.90 Å². The third kappa shape index (κ3) is 4.86. The first kappa shape index (κ1) is 17.6. The van der Waals surface area contributed by atoms with Gasteiger partial charge in [-0.1, -0.05) is 17.7 Å². The van der Waals surface area contributed by atoms with E-state index < -0.39 is 0 Å². The van der Waals surface area contributed by atoms with E-state index in [-0.39, 0.29) is 18.2 Å². The Balaban J connectivity index is 1.99. The first-order valence-electron chi connectivity index (χ1n) is 7.88. The van der Waals surface area contributed by atoms with Gasteiger partial charge in [0.2, 0.25) is 11.8 Å². The first-order chi connectivity index (χ1) is 11.0.